The van der Waals surface area contributed by atoms with E-state index in [-0.39, 0.29) is 11.5 Å². The normalized spacial score (nSPS) is 20.6. The molecule has 0 aromatic carbocycles. The van der Waals surface area contributed by atoms with Crippen molar-refractivity contribution in [2.75, 3.05) is 18.6 Å². The molecular weight excluding hydrogens is 298 g/mol. The zero-order valence-corrected chi connectivity index (χ0v) is 13.5. The Morgan fingerprint density at radius 3 is 2.19 bits per heavy atom. The second-order valence-corrected chi connectivity index (χ2v) is 8.14. The van der Waals surface area contributed by atoms with Gasteiger partial charge in [0.2, 0.25) is 0 Å². The Bertz CT molecular complexity index is 533. The van der Waals surface area contributed by atoms with E-state index < -0.39 is 39.0 Å². The number of carbonyl (C=O) groups is 2. The average Bonchev–Trinajstić information content (AvgIpc) is 2.29. The van der Waals surface area contributed by atoms with E-state index in [0.717, 1.165) is 7.11 Å². The Hall–Kier alpha value is -1.57. The Balaban J connectivity index is 2.95. The molecule has 0 spiro atoms. The van der Waals surface area contributed by atoms with Crippen molar-refractivity contribution in [1.29, 1.82) is 0 Å². The molecule has 0 unspecified atom stereocenters. The van der Waals surface area contributed by atoms with Gasteiger partial charge in [-0.25, -0.2) is 18.0 Å². The summed E-state index contributed by atoms with van der Waals surface area (Å²) in [6.07, 6.45) is 0.552. The molecule has 120 valence electrons. The summed E-state index contributed by atoms with van der Waals surface area (Å²) in [5.74, 6) is -1.27. The average molecular weight is 319 g/mol. The summed E-state index contributed by atoms with van der Waals surface area (Å²) in [6, 6.07) is -1.15. The molecule has 0 bridgehead atoms. The van der Waals surface area contributed by atoms with Crippen LogP contribution in [0, 0.1) is 5.41 Å². The number of methoxy groups -OCH3 is 1. The van der Waals surface area contributed by atoms with E-state index in [1.54, 1.807) is 20.8 Å². The van der Waals surface area contributed by atoms with E-state index >= 15 is 0 Å². The van der Waals surface area contributed by atoms with Crippen molar-refractivity contribution in [1.82, 2.24) is 5.32 Å². The van der Waals surface area contributed by atoms with Crippen LogP contribution < -0.4 is 5.32 Å². The standard InChI is InChI=1S/C13H21NO6S/c1-6-13(7-21(17,18)8-13)9(10(15)19-5)14-11(16)20-12(2,3)4/h6,9H,1,7-8H2,2-5H3,(H,14,16)/t9-/m1/s1. The molecular formula is C13H21NO6S. The van der Waals surface area contributed by atoms with Crippen molar-refractivity contribution in [2.45, 2.75) is 32.4 Å². The van der Waals surface area contributed by atoms with Crippen molar-refractivity contribution in [2.24, 2.45) is 5.41 Å². The van der Waals surface area contributed by atoms with Gasteiger partial charge in [0.1, 0.15) is 11.6 Å². The molecule has 1 fully saturated rings. The molecule has 8 heteroatoms. The van der Waals surface area contributed by atoms with Gasteiger partial charge < -0.3 is 14.8 Å². The number of rotatable bonds is 4. The maximum atomic E-state index is 11.9. The molecule has 21 heavy (non-hydrogen) atoms. The number of hydrogen-bond acceptors (Lipinski definition) is 6. The number of sulfone groups is 1. The van der Waals surface area contributed by atoms with Crippen LogP contribution in [0.1, 0.15) is 20.8 Å². The fourth-order valence-electron chi connectivity index (χ4n) is 2.16. The highest BCUT2D eigenvalue weighted by Crippen LogP contribution is 2.38. The van der Waals surface area contributed by atoms with Gasteiger partial charge in [0.25, 0.3) is 0 Å². The van der Waals surface area contributed by atoms with Crippen molar-refractivity contribution in [3.05, 3.63) is 12.7 Å². The third-order valence-electron chi connectivity index (χ3n) is 3.06. The lowest BCUT2D eigenvalue weighted by Crippen LogP contribution is -2.63. The zero-order chi connectivity index (χ0) is 16.5. The molecule has 0 aromatic heterocycles. The van der Waals surface area contributed by atoms with Gasteiger partial charge in [0.05, 0.1) is 18.6 Å². The van der Waals surface area contributed by atoms with Gasteiger partial charge in [-0.05, 0) is 20.8 Å². The van der Waals surface area contributed by atoms with Gasteiger partial charge in [-0.15, -0.1) is 6.58 Å². The van der Waals surface area contributed by atoms with Crippen molar-refractivity contribution in [3.63, 3.8) is 0 Å². The lowest BCUT2D eigenvalue weighted by molar-refractivity contribution is -0.145. The van der Waals surface area contributed by atoms with Gasteiger partial charge >= 0.3 is 12.1 Å². The van der Waals surface area contributed by atoms with Crippen LogP contribution in [-0.4, -0.2) is 50.7 Å². The molecule has 0 saturated carbocycles. The van der Waals surface area contributed by atoms with Crippen LogP contribution in [0.5, 0.6) is 0 Å². The molecule has 1 atom stereocenters. The molecule has 7 nitrogen and oxygen atoms in total. The molecule has 1 amide bonds. The smallest absolute Gasteiger partial charge is 0.408 e. The second-order valence-electron chi connectivity index (χ2n) is 6.07. The van der Waals surface area contributed by atoms with Crippen LogP contribution in [0.4, 0.5) is 4.79 Å². The number of esters is 1. The van der Waals surface area contributed by atoms with Gasteiger partial charge in [-0.1, -0.05) is 6.08 Å². The molecule has 1 rings (SSSR count). The Morgan fingerprint density at radius 1 is 1.33 bits per heavy atom. The first kappa shape index (κ1) is 17.5. The monoisotopic (exact) mass is 319 g/mol. The van der Waals surface area contributed by atoms with E-state index in [4.69, 9.17) is 4.74 Å². The molecule has 0 aromatic rings. The maximum absolute atomic E-state index is 11.9. The molecule has 1 heterocycles. The first-order valence-electron chi connectivity index (χ1n) is 6.36. The van der Waals surface area contributed by atoms with E-state index in [1.807, 2.05) is 0 Å². The minimum absolute atomic E-state index is 0.265. The van der Waals surface area contributed by atoms with Gasteiger partial charge in [-0.2, -0.15) is 0 Å². The molecule has 1 saturated heterocycles. The highest BCUT2D eigenvalue weighted by molar-refractivity contribution is 7.92. The number of carbonyl (C=O) groups excluding carboxylic acids is 2. The quantitative estimate of drug-likeness (QED) is 0.603. The maximum Gasteiger partial charge on any atom is 0.408 e. The number of ether oxygens (including phenoxy) is 2. The number of amides is 1. The highest BCUT2D eigenvalue weighted by atomic mass is 32.2. The fraction of sp³-hybridized carbons (Fsp3) is 0.692. The summed E-state index contributed by atoms with van der Waals surface area (Å²) < 4.78 is 32.6. The van der Waals surface area contributed by atoms with E-state index in [1.165, 1.54) is 6.08 Å². The van der Waals surface area contributed by atoms with Crippen LogP contribution in [0.3, 0.4) is 0 Å². The Morgan fingerprint density at radius 2 is 1.86 bits per heavy atom. The lowest BCUT2D eigenvalue weighted by Gasteiger charge is -2.43. The molecule has 1 N–H and O–H groups in total. The van der Waals surface area contributed by atoms with Gasteiger partial charge in [0, 0.05) is 5.41 Å². The first-order valence-corrected chi connectivity index (χ1v) is 8.18. The summed E-state index contributed by atoms with van der Waals surface area (Å²) in [6.45, 7) is 8.61. The molecule has 1 aliphatic heterocycles. The SMILES string of the molecule is C=CC1([C@H](NC(=O)OC(C)(C)C)C(=O)OC)CS(=O)(=O)C1. The topological polar surface area (TPSA) is 98.8 Å². The third kappa shape index (κ3) is 4.20. The van der Waals surface area contributed by atoms with E-state index in [9.17, 15) is 18.0 Å². The van der Waals surface area contributed by atoms with E-state index in [2.05, 4.69) is 16.6 Å². The number of nitrogens with one attached hydrogen (secondary N) is 1. The predicted molar refractivity (Wildman–Crippen MR) is 76.5 cm³/mol. The third-order valence-corrected chi connectivity index (χ3v) is 5.01. The van der Waals surface area contributed by atoms with Crippen LogP contribution >= 0.6 is 0 Å². The Labute approximate surface area is 124 Å². The largest absolute Gasteiger partial charge is 0.467 e. The molecule has 1 aliphatic rings. The van der Waals surface area contributed by atoms with Crippen LogP contribution in [0.15, 0.2) is 12.7 Å². The van der Waals surface area contributed by atoms with E-state index in [0.29, 0.717) is 0 Å². The molecule has 0 radical (unpaired) electrons. The summed E-state index contributed by atoms with van der Waals surface area (Å²) in [5.41, 5.74) is -1.80. The van der Waals surface area contributed by atoms with Crippen LogP contribution in [0.2, 0.25) is 0 Å². The minimum atomic E-state index is -3.23. The highest BCUT2D eigenvalue weighted by Gasteiger charge is 2.55. The van der Waals surface area contributed by atoms with Crippen molar-refractivity contribution < 1.29 is 27.5 Å². The predicted octanol–water partition coefficient (Wildman–Crippen LogP) is 0.654. The Kier molecular flexibility index (Phi) is 4.72. The van der Waals surface area contributed by atoms with Crippen LogP contribution in [-0.2, 0) is 24.1 Å². The lowest BCUT2D eigenvalue weighted by atomic mass is 9.83. The second kappa shape index (κ2) is 5.67. The van der Waals surface area contributed by atoms with Crippen molar-refractivity contribution >= 4 is 21.9 Å². The van der Waals surface area contributed by atoms with Crippen molar-refractivity contribution in [3.8, 4) is 0 Å². The zero-order valence-electron chi connectivity index (χ0n) is 12.6. The molecule has 0 aliphatic carbocycles. The van der Waals surface area contributed by atoms with Gasteiger partial charge in [0.15, 0.2) is 9.84 Å². The van der Waals surface area contributed by atoms with Gasteiger partial charge in [-0.3, -0.25) is 0 Å². The minimum Gasteiger partial charge on any atom is -0.467 e. The summed E-state index contributed by atoms with van der Waals surface area (Å²) >= 11 is 0. The first-order chi connectivity index (χ1) is 9.45. The fourth-order valence-corrected chi connectivity index (χ4v) is 4.28. The summed E-state index contributed by atoms with van der Waals surface area (Å²) in [5, 5.41) is 2.38. The number of hydrogen-bond donors (Lipinski definition) is 1. The summed E-state index contributed by atoms with van der Waals surface area (Å²) in [7, 11) is -2.07. The number of alkyl carbamates (subject to hydrolysis) is 1. The van der Waals surface area contributed by atoms with Crippen LogP contribution in [0.25, 0.3) is 0 Å². The summed E-state index contributed by atoms with van der Waals surface area (Å²) in [4.78, 5) is 23.7.